The second-order valence-electron chi connectivity index (χ2n) is 5.09. The molecule has 2 aliphatic rings. The lowest BCUT2D eigenvalue weighted by molar-refractivity contribution is 0.0728. The highest BCUT2D eigenvalue weighted by molar-refractivity contribution is 6.03. The van der Waals surface area contributed by atoms with E-state index < -0.39 is 0 Å². The van der Waals surface area contributed by atoms with Gasteiger partial charge in [-0.05, 0) is 43.5 Å². The molecule has 0 radical (unpaired) electrons. The molecule has 1 aromatic rings. The van der Waals surface area contributed by atoms with Crippen molar-refractivity contribution in [2.75, 3.05) is 13.7 Å². The van der Waals surface area contributed by atoms with E-state index >= 15 is 0 Å². The van der Waals surface area contributed by atoms with Gasteiger partial charge in [0.1, 0.15) is 5.75 Å². The second-order valence-corrected chi connectivity index (χ2v) is 5.09. The van der Waals surface area contributed by atoms with E-state index in [0.29, 0.717) is 0 Å². The fourth-order valence-corrected chi connectivity index (χ4v) is 2.66. The van der Waals surface area contributed by atoms with Crippen molar-refractivity contribution in [1.82, 2.24) is 0 Å². The van der Waals surface area contributed by atoms with Gasteiger partial charge in [0.05, 0.1) is 25.2 Å². The third-order valence-corrected chi connectivity index (χ3v) is 4.03. The van der Waals surface area contributed by atoms with Crippen molar-refractivity contribution in [3.63, 3.8) is 0 Å². The minimum Gasteiger partial charge on any atom is -0.497 e. The van der Waals surface area contributed by atoms with Crippen molar-refractivity contribution in [1.29, 1.82) is 0 Å². The summed E-state index contributed by atoms with van der Waals surface area (Å²) in [4.78, 5) is 12.5. The summed E-state index contributed by atoms with van der Waals surface area (Å²) in [6.45, 7) is 2.76. The quantitative estimate of drug-likeness (QED) is 0.734. The summed E-state index contributed by atoms with van der Waals surface area (Å²) < 4.78 is 10.5. The lowest BCUT2D eigenvalue weighted by Gasteiger charge is -2.32. The van der Waals surface area contributed by atoms with E-state index in [4.69, 9.17) is 9.47 Å². The van der Waals surface area contributed by atoms with Crippen LogP contribution in [0.2, 0.25) is 0 Å². The van der Waals surface area contributed by atoms with Crippen molar-refractivity contribution < 1.29 is 14.3 Å². The maximum atomic E-state index is 12.5. The molecule has 1 aliphatic heterocycles. The van der Waals surface area contributed by atoms with Gasteiger partial charge in [-0.25, -0.2) is 0 Å². The Labute approximate surface area is 101 Å². The Morgan fingerprint density at radius 1 is 1.47 bits per heavy atom. The van der Waals surface area contributed by atoms with Crippen LogP contribution in [0.5, 0.6) is 5.75 Å². The molecule has 17 heavy (non-hydrogen) atoms. The molecule has 1 fully saturated rings. The number of fused-ring (bicyclic) bond motifs is 1. The molecule has 1 aromatic carbocycles. The first-order valence-electron chi connectivity index (χ1n) is 5.98. The zero-order valence-corrected chi connectivity index (χ0v) is 10.2. The number of rotatable bonds is 2. The summed E-state index contributed by atoms with van der Waals surface area (Å²) in [6.07, 6.45) is 1.93. The van der Waals surface area contributed by atoms with Crippen LogP contribution in [0.15, 0.2) is 18.2 Å². The van der Waals surface area contributed by atoms with Crippen molar-refractivity contribution >= 4 is 5.78 Å². The normalized spacial score (nSPS) is 30.9. The van der Waals surface area contributed by atoms with Gasteiger partial charge in [0, 0.05) is 5.56 Å². The summed E-state index contributed by atoms with van der Waals surface area (Å²) in [5.74, 6) is 1.05. The Morgan fingerprint density at radius 3 is 2.88 bits per heavy atom. The number of hydrogen-bond donors (Lipinski definition) is 0. The topological polar surface area (TPSA) is 38.8 Å². The van der Waals surface area contributed by atoms with Crippen LogP contribution in [-0.4, -0.2) is 25.6 Å². The first kappa shape index (κ1) is 10.8. The monoisotopic (exact) mass is 232 g/mol. The molecule has 0 aromatic heterocycles. The SMILES string of the molecule is COc1ccc2c(c1)CCC(C)(C1CO1)C2=O. The largest absolute Gasteiger partial charge is 0.497 e. The maximum absolute atomic E-state index is 12.5. The van der Waals surface area contributed by atoms with Gasteiger partial charge in [-0.15, -0.1) is 0 Å². The summed E-state index contributed by atoms with van der Waals surface area (Å²) in [7, 11) is 1.65. The van der Waals surface area contributed by atoms with Crippen LogP contribution < -0.4 is 4.74 Å². The Bertz CT molecular complexity index is 476. The van der Waals surface area contributed by atoms with Crippen LogP contribution in [0.25, 0.3) is 0 Å². The van der Waals surface area contributed by atoms with Crippen molar-refractivity contribution in [3.05, 3.63) is 29.3 Å². The molecule has 3 heteroatoms. The Balaban J connectivity index is 2.00. The predicted octanol–water partition coefficient (Wildman–Crippen LogP) is 2.23. The molecule has 3 rings (SSSR count). The van der Waals surface area contributed by atoms with E-state index in [-0.39, 0.29) is 17.3 Å². The third kappa shape index (κ3) is 1.57. The minimum absolute atomic E-state index is 0.130. The highest BCUT2D eigenvalue weighted by Crippen LogP contribution is 2.44. The highest BCUT2D eigenvalue weighted by atomic mass is 16.6. The minimum atomic E-state index is -0.318. The molecule has 0 N–H and O–H groups in total. The predicted molar refractivity (Wildman–Crippen MR) is 63.5 cm³/mol. The van der Waals surface area contributed by atoms with Gasteiger partial charge in [0.15, 0.2) is 5.78 Å². The van der Waals surface area contributed by atoms with Crippen LogP contribution in [0.3, 0.4) is 0 Å². The van der Waals surface area contributed by atoms with E-state index in [1.165, 1.54) is 0 Å². The van der Waals surface area contributed by atoms with Gasteiger partial charge in [-0.3, -0.25) is 4.79 Å². The lowest BCUT2D eigenvalue weighted by Crippen LogP contribution is -2.38. The molecule has 1 saturated heterocycles. The van der Waals surface area contributed by atoms with Gasteiger partial charge in [-0.2, -0.15) is 0 Å². The van der Waals surface area contributed by atoms with E-state index in [2.05, 4.69) is 0 Å². The second kappa shape index (κ2) is 3.57. The molecule has 0 amide bonds. The molecular weight excluding hydrogens is 216 g/mol. The standard InChI is InChI=1S/C14H16O3/c1-14(12-8-17-12)6-5-9-7-10(16-2)3-4-11(9)13(14)15/h3-4,7,12H,5-6,8H2,1-2H3. The number of epoxide rings is 1. The third-order valence-electron chi connectivity index (χ3n) is 4.03. The fourth-order valence-electron chi connectivity index (χ4n) is 2.66. The van der Waals surface area contributed by atoms with Crippen LogP contribution in [0, 0.1) is 5.41 Å². The number of carbonyl (C=O) groups is 1. The highest BCUT2D eigenvalue weighted by Gasteiger charge is 2.50. The summed E-state index contributed by atoms with van der Waals surface area (Å²) in [5.41, 5.74) is 1.63. The molecule has 0 saturated carbocycles. The molecule has 1 aliphatic carbocycles. The smallest absolute Gasteiger partial charge is 0.171 e. The number of benzene rings is 1. The molecule has 2 unspecified atom stereocenters. The summed E-state index contributed by atoms with van der Waals surface area (Å²) >= 11 is 0. The number of methoxy groups -OCH3 is 1. The Hall–Kier alpha value is -1.35. The van der Waals surface area contributed by atoms with Gasteiger partial charge in [0.25, 0.3) is 0 Å². The molecule has 2 atom stereocenters. The summed E-state index contributed by atoms with van der Waals surface area (Å²) in [6, 6.07) is 5.72. The molecule has 90 valence electrons. The zero-order valence-electron chi connectivity index (χ0n) is 10.2. The number of ketones is 1. The molecule has 1 heterocycles. The van der Waals surface area contributed by atoms with Gasteiger partial charge in [0.2, 0.25) is 0 Å². The van der Waals surface area contributed by atoms with Crippen LogP contribution >= 0.6 is 0 Å². The number of Topliss-reactive ketones (excluding diaryl/α,β-unsaturated/α-hetero) is 1. The first-order chi connectivity index (χ1) is 8.15. The fraction of sp³-hybridized carbons (Fsp3) is 0.500. The molecule has 3 nitrogen and oxygen atoms in total. The number of ether oxygens (including phenoxy) is 2. The zero-order chi connectivity index (χ0) is 12.0. The average Bonchev–Trinajstić information content (AvgIpc) is 3.18. The maximum Gasteiger partial charge on any atom is 0.171 e. The van der Waals surface area contributed by atoms with Crippen LogP contribution in [0.1, 0.15) is 29.3 Å². The van der Waals surface area contributed by atoms with E-state index in [1.54, 1.807) is 7.11 Å². The van der Waals surface area contributed by atoms with Gasteiger partial charge >= 0.3 is 0 Å². The lowest BCUT2D eigenvalue weighted by atomic mass is 9.70. The Kier molecular flexibility index (Phi) is 2.26. The number of hydrogen-bond acceptors (Lipinski definition) is 3. The first-order valence-corrected chi connectivity index (χ1v) is 5.98. The van der Waals surface area contributed by atoms with Gasteiger partial charge in [-0.1, -0.05) is 0 Å². The van der Waals surface area contributed by atoms with Gasteiger partial charge < -0.3 is 9.47 Å². The van der Waals surface area contributed by atoms with E-state index in [1.807, 2.05) is 25.1 Å². The average molecular weight is 232 g/mol. The Morgan fingerprint density at radius 2 is 2.24 bits per heavy atom. The number of carbonyl (C=O) groups excluding carboxylic acids is 1. The van der Waals surface area contributed by atoms with E-state index in [9.17, 15) is 4.79 Å². The number of aryl methyl sites for hydroxylation is 1. The van der Waals surface area contributed by atoms with Crippen molar-refractivity contribution in [2.45, 2.75) is 25.9 Å². The van der Waals surface area contributed by atoms with Crippen LogP contribution in [-0.2, 0) is 11.2 Å². The molecule has 0 spiro atoms. The van der Waals surface area contributed by atoms with Crippen LogP contribution in [0.4, 0.5) is 0 Å². The van der Waals surface area contributed by atoms with Crippen molar-refractivity contribution in [3.8, 4) is 5.75 Å². The molecular formula is C14H16O3. The molecule has 0 bridgehead atoms. The van der Waals surface area contributed by atoms with E-state index in [0.717, 1.165) is 36.3 Å². The van der Waals surface area contributed by atoms with Crippen molar-refractivity contribution in [2.24, 2.45) is 5.41 Å². The summed E-state index contributed by atoms with van der Waals surface area (Å²) in [5, 5.41) is 0.